The fourth-order valence-corrected chi connectivity index (χ4v) is 2.09. The Kier molecular flexibility index (Phi) is 4.32. The van der Waals surface area contributed by atoms with Gasteiger partial charge in [0.1, 0.15) is 11.9 Å². The minimum absolute atomic E-state index is 0.0299. The van der Waals surface area contributed by atoms with Gasteiger partial charge in [-0.25, -0.2) is 4.39 Å². The number of hydrogen-bond donors (Lipinski definition) is 1. The van der Waals surface area contributed by atoms with Gasteiger partial charge in [-0.1, -0.05) is 46.3 Å². The van der Waals surface area contributed by atoms with Gasteiger partial charge in [0.05, 0.1) is 5.69 Å². The van der Waals surface area contributed by atoms with Crippen LogP contribution in [-0.4, -0.2) is 6.18 Å². The third-order valence-electron chi connectivity index (χ3n) is 2.69. The first-order valence-electron chi connectivity index (χ1n) is 5.71. The van der Waals surface area contributed by atoms with Crippen LogP contribution in [-0.2, 0) is 0 Å². The van der Waals surface area contributed by atoms with Crippen molar-refractivity contribution in [1.82, 2.24) is 0 Å². The Hall–Kier alpha value is -1.56. The third-order valence-corrected chi connectivity index (χ3v) is 3.18. The van der Waals surface area contributed by atoms with Crippen LogP contribution in [0.15, 0.2) is 53.0 Å². The van der Waals surface area contributed by atoms with E-state index in [4.69, 9.17) is 0 Å². The van der Waals surface area contributed by atoms with Crippen LogP contribution in [0, 0.1) is 5.82 Å². The lowest BCUT2D eigenvalue weighted by Gasteiger charge is -2.23. The zero-order valence-electron chi connectivity index (χ0n) is 10.1. The van der Waals surface area contributed by atoms with Gasteiger partial charge in [-0.2, -0.15) is 13.2 Å². The van der Waals surface area contributed by atoms with E-state index in [-0.39, 0.29) is 11.3 Å². The standard InChI is InChI=1S/C14H10BrF4N/c15-10-6-7-12(11(16)8-10)20-13(14(17,18)19)9-4-2-1-3-5-9/h1-8,13,20H. The number of rotatable bonds is 3. The SMILES string of the molecule is Fc1cc(Br)ccc1NC(c1ccccc1)C(F)(F)F. The highest BCUT2D eigenvalue weighted by Crippen LogP contribution is 2.36. The van der Waals surface area contributed by atoms with Crippen molar-refractivity contribution in [2.75, 3.05) is 5.32 Å². The molecule has 106 valence electrons. The van der Waals surface area contributed by atoms with Gasteiger partial charge in [-0.15, -0.1) is 0 Å². The first-order chi connectivity index (χ1) is 9.38. The summed E-state index contributed by atoms with van der Waals surface area (Å²) in [5.41, 5.74) is -0.165. The molecular weight excluding hydrogens is 338 g/mol. The molecule has 0 amide bonds. The maximum absolute atomic E-state index is 13.7. The first-order valence-corrected chi connectivity index (χ1v) is 6.50. The monoisotopic (exact) mass is 347 g/mol. The largest absolute Gasteiger partial charge is 0.412 e. The number of alkyl halides is 3. The van der Waals surface area contributed by atoms with Gasteiger partial charge in [0.2, 0.25) is 0 Å². The quantitative estimate of drug-likeness (QED) is 0.742. The van der Waals surface area contributed by atoms with Gasteiger partial charge >= 0.3 is 6.18 Å². The molecule has 0 radical (unpaired) electrons. The van der Waals surface area contributed by atoms with Crippen molar-refractivity contribution in [3.63, 3.8) is 0 Å². The number of nitrogens with one attached hydrogen (secondary N) is 1. The summed E-state index contributed by atoms with van der Waals surface area (Å²) in [6.07, 6.45) is -4.53. The van der Waals surface area contributed by atoms with Crippen LogP contribution < -0.4 is 5.32 Å². The molecular formula is C14H10BrF4N. The molecule has 0 aromatic heterocycles. The van der Waals surface area contributed by atoms with Crippen LogP contribution in [0.3, 0.4) is 0 Å². The number of benzene rings is 2. The Bertz CT molecular complexity index is 583. The summed E-state index contributed by atoms with van der Waals surface area (Å²) < 4.78 is 53.4. The van der Waals surface area contributed by atoms with E-state index >= 15 is 0 Å². The summed E-state index contributed by atoms with van der Waals surface area (Å²) in [5, 5.41) is 2.21. The Morgan fingerprint density at radius 1 is 1.00 bits per heavy atom. The molecule has 2 rings (SSSR count). The average molecular weight is 348 g/mol. The van der Waals surface area contributed by atoms with Crippen LogP contribution in [0.25, 0.3) is 0 Å². The molecule has 0 saturated heterocycles. The molecule has 1 atom stereocenters. The molecule has 2 aromatic carbocycles. The number of anilines is 1. The van der Waals surface area contributed by atoms with Crippen molar-refractivity contribution in [3.8, 4) is 0 Å². The molecule has 0 fully saturated rings. The summed E-state index contributed by atoms with van der Waals surface area (Å²) in [5.74, 6) is -0.746. The molecule has 0 spiro atoms. The van der Waals surface area contributed by atoms with Crippen LogP contribution >= 0.6 is 15.9 Å². The molecule has 0 bridgehead atoms. The average Bonchev–Trinajstić information content (AvgIpc) is 2.37. The Morgan fingerprint density at radius 2 is 1.65 bits per heavy atom. The van der Waals surface area contributed by atoms with E-state index in [0.29, 0.717) is 4.47 Å². The van der Waals surface area contributed by atoms with E-state index in [2.05, 4.69) is 21.2 Å². The van der Waals surface area contributed by atoms with E-state index in [0.717, 1.165) is 6.07 Å². The predicted octanol–water partition coefficient (Wildman–Crippen LogP) is 5.30. The van der Waals surface area contributed by atoms with Crippen LogP contribution in [0.4, 0.5) is 23.2 Å². The van der Waals surface area contributed by atoms with Gasteiger partial charge < -0.3 is 5.32 Å². The maximum atomic E-state index is 13.7. The van der Waals surface area contributed by atoms with Gasteiger partial charge in [0.25, 0.3) is 0 Å². The molecule has 1 nitrogen and oxygen atoms in total. The lowest BCUT2D eigenvalue weighted by atomic mass is 10.1. The van der Waals surface area contributed by atoms with Gasteiger partial charge in [-0.3, -0.25) is 0 Å². The maximum Gasteiger partial charge on any atom is 0.412 e. The smallest absolute Gasteiger partial charge is 0.368 e. The van der Waals surface area contributed by atoms with Crippen molar-refractivity contribution >= 4 is 21.6 Å². The molecule has 20 heavy (non-hydrogen) atoms. The topological polar surface area (TPSA) is 12.0 Å². The van der Waals surface area contributed by atoms with E-state index < -0.39 is 18.0 Å². The Labute approximate surface area is 121 Å². The number of halogens is 5. The summed E-state index contributed by atoms with van der Waals surface area (Å²) >= 11 is 3.06. The van der Waals surface area contributed by atoms with E-state index in [1.165, 1.54) is 36.4 Å². The van der Waals surface area contributed by atoms with Crippen molar-refractivity contribution in [2.24, 2.45) is 0 Å². The molecule has 0 aliphatic carbocycles. The zero-order chi connectivity index (χ0) is 14.8. The van der Waals surface area contributed by atoms with Crippen LogP contribution in [0.2, 0.25) is 0 Å². The molecule has 1 unspecified atom stereocenters. The fourth-order valence-electron chi connectivity index (χ4n) is 1.76. The van der Waals surface area contributed by atoms with Crippen molar-refractivity contribution in [3.05, 3.63) is 64.4 Å². The number of hydrogen-bond acceptors (Lipinski definition) is 1. The summed E-state index contributed by atoms with van der Waals surface area (Å²) in [6, 6.07) is 9.23. The zero-order valence-corrected chi connectivity index (χ0v) is 11.7. The highest BCUT2D eigenvalue weighted by Gasteiger charge is 2.41. The van der Waals surface area contributed by atoms with E-state index in [1.54, 1.807) is 6.07 Å². The minimum atomic E-state index is -4.53. The summed E-state index contributed by atoms with van der Waals surface area (Å²) in [7, 11) is 0. The lowest BCUT2D eigenvalue weighted by molar-refractivity contribution is -0.144. The Morgan fingerprint density at radius 3 is 2.20 bits per heavy atom. The van der Waals surface area contributed by atoms with Gasteiger partial charge in [0, 0.05) is 4.47 Å². The van der Waals surface area contributed by atoms with Crippen LogP contribution in [0.1, 0.15) is 11.6 Å². The highest BCUT2D eigenvalue weighted by atomic mass is 79.9. The summed E-state index contributed by atoms with van der Waals surface area (Å²) in [4.78, 5) is 0. The molecule has 2 aromatic rings. The molecule has 0 aliphatic rings. The highest BCUT2D eigenvalue weighted by molar-refractivity contribution is 9.10. The third kappa shape index (κ3) is 3.50. The second-order valence-electron chi connectivity index (χ2n) is 4.15. The van der Waals surface area contributed by atoms with Crippen molar-refractivity contribution < 1.29 is 17.6 Å². The lowest BCUT2D eigenvalue weighted by Crippen LogP contribution is -2.28. The van der Waals surface area contributed by atoms with Crippen molar-refractivity contribution in [2.45, 2.75) is 12.2 Å². The van der Waals surface area contributed by atoms with E-state index in [9.17, 15) is 17.6 Å². The second-order valence-corrected chi connectivity index (χ2v) is 5.07. The fraction of sp³-hybridized carbons (Fsp3) is 0.143. The molecule has 0 heterocycles. The first kappa shape index (κ1) is 14.8. The molecule has 0 saturated carbocycles. The normalized spacial score (nSPS) is 13.1. The molecule has 0 aliphatic heterocycles. The van der Waals surface area contributed by atoms with Crippen molar-refractivity contribution in [1.29, 1.82) is 0 Å². The Balaban J connectivity index is 2.34. The summed E-state index contributed by atoms with van der Waals surface area (Å²) in [6.45, 7) is 0. The van der Waals surface area contributed by atoms with Crippen LogP contribution in [0.5, 0.6) is 0 Å². The predicted molar refractivity (Wildman–Crippen MR) is 73.0 cm³/mol. The van der Waals surface area contributed by atoms with Gasteiger partial charge in [-0.05, 0) is 23.8 Å². The molecule has 6 heteroatoms. The second kappa shape index (κ2) is 5.83. The van der Waals surface area contributed by atoms with Gasteiger partial charge in [0.15, 0.2) is 0 Å². The van der Waals surface area contributed by atoms with E-state index in [1.807, 2.05) is 0 Å². The molecule has 1 N–H and O–H groups in total. The minimum Gasteiger partial charge on any atom is -0.368 e.